The lowest BCUT2D eigenvalue weighted by atomic mass is 10.2. The van der Waals surface area contributed by atoms with Gasteiger partial charge in [-0.05, 0) is 48.0 Å². The van der Waals surface area contributed by atoms with Crippen LogP contribution in [0.4, 0.5) is 5.69 Å². The molecule has 0 amide bonds. The second-order valence-electron chi connectivity index (χ2n) is 5.65. The molecule has 0 aromatic heterocycles. The molecular weight excluding hydrogens is 412 g/mol. The molecule has 1 N–H and O–H groups in total. The zero-order chi connectivity index (χ0) is 18.5. The summed E-state index contributed by atoms with van der Waals surface area (Å²) in [7, 11) is 0. The molecule has 0 radical (unpaired) electrons. The molecule has 0 heterocycles. The van der Waals surface area contributed by atoms with Gasteiger partial charge in [-0.1, -0.05) is 64.6 Å². The van der Waals surface area contributed by atoms with Crippen molar-refractivity contribution >= 4 is 52.1 Å². The number of anilines is 1. The Hall–Kier alpha value is -1.58. The highest BCUT2D eigenvalue weighted by Crippen LogP contribution is 2.26. The van der Waals surface area contributed by atoms with E-state index >= 15 is 0 Å². The van der Waals surface area contributed by atoms with Gasteiger partial charge in [0.1, 0.15) is 12.4 Å². The number of nitrogens with one attached hydrogen (secondary N) is 1. The van der Waals surface area contributed by atoms with Crippen molar-refractivity contribution in [1.82, 2.24) is 0 Å². The van der Waals surface area contributed by atoms with Crippen molar-refractivity contribution in [3.8, 4) is 5.75 Å². The molecule has 3 rings (SSSR count). The predicted molar refractivity (Wildman–Crippen MR) is 111 cm³/mol. The summed E-state index contributed by atoms with van der Waals surface area (Å²) in [4.78, 5) is 0. The fourth-order valence-corrected chi connectivity index (χ4v) is 3.12. The second kappa shape index (κ2) is 8.88. The molecule has 0 aliphatic heterocycles. The number of halogens is 4. The first-order valence-corrected chi connectivity index (χ1v) is 9.37. The third-order valence-corrected chi connectivity index (χ3v) is 5.05. The van der Waals surface area contributed by atoms with Crippen LogP contribution >= 0.6 is 46.4 Å². The van der Waals surface area contributed by atoms with Gasteiger partial charge in [-0.2, -0.15) is 0 Å². The molecule has 0 aliphatic rings. The van der Waals surface area contributed by atoms with Crippen molar-refractivity contribution in [2.24, 2.45) is 0 Å². The van der Waals surface area contributed by atoms with Crippen molar-refractivity contribution in [1.29, 1.82) is 0 Å². The first-order valence-electron chi connectivity index (χ1n) is 7.86. The SMILES string of the molecule is Clc1ccc(COc2cccc(CNc3ccc(Cl)c(Cl)c3)c2)c(Cl)c1. The number of hydrogen-bond acceptors (Lipinski definition) is 2. The van der Waals surface area contributed by atoms with Gasteiger partial charge in [-0.25, -0.2) is 0 Å². The molecular formula is C20H15Cl4NO. The Morgan fingerprint density at radius 2 is 1.62 bits per heavy atom. The molecule has 26 heavy (non-hydrogen) atoms. The quantitative estimate of drug-likeness (QED) is 0.440. The number of benzene rings is 3. The van der Waals surface area contributed by atoms with Gasteiger partial charge >= 0.3 is 0 Å². The Labute approximate surface area is 172 Å². The maximum absolute atomic E-state index is 6.17. The van der Waals surface area contributed by atoms with E-state index in [0.29, 0.717) is 33.2 Å². The lowest BCUT2D eigenvalue weighted by Crippen LogP contribution is -2.01. The smallest absolute Gasteiger partial charge is 0.120 e. The number of hydrogen-bond donors (Lipinski definition) is 1. The van der Waals surface area contributed by atoms with Crippen LogP contribution in [0.2, 0.25) is 20.1 Å². The summed E-state index contributed by atoms with van der Waals surface area (Å²) in [6, 6.07) is 18.7. The van der Waals surface area contributed by atoms with Crippen LogP contribution in [0, 0.1) is 0 Å². The molecule has 134 valence electrons. The van der Waals surface area contributed by atoms with E-state index in [1.165, 1.54) is 0 Å². The van der Waals surface area contributed by atoms with E-state index in [4.69, 9.17) is 51.1 Å². The summed E-state index contributed by atoms with van der Waals surface area (Å²) in [6.45, 7) is 1.01. The van der Waals surface area contributed by atoms with Crippen LogP contribution in [0.1, 0.15) is 11.1 Å². The Kier molecular flexibility index (Phi) is 6.55. The van der Waals surface area contributed by atoms with Crippen LogP contribution in [0.15, 0.2) is 60.7 Å². The largest absolute Gasteiger partial charge is 0.489 e. The van der Waals surface area contributed by atoms with Crippen LogP contribution in [-0.4, -0.2) is 0 Å². The summed E-state index contributed by atoms with van der Waals surface area (Å²) < 4.78 is 5.85. The van der Waals surface area contributed by atoms with E-state index in [2.05, 4.69) is 5.32 Å². The van der Waals surface area contributed by atoms with Crippen LogP contribution in [0.5, 0.6) is 5.75 Å². The first-order chi connectivity index (χ1) is 12.5. The Morgan fingerprint density at radius 3 is 2.38 bits per heavy atom. The molecule has 0 saturated carbocycles. The third kappa shape index (κ3) is 5.21. The van der Waals surface area contributed by atoms with Crippen LogP contribution in [-0.2, 0) is 13.2 Å². The summed E-state index contributed by atoms with van der Waals surface area (Å²) >= 11 is 24.0. The highest BCUT2D eigenvalue weighted by atomic mass is 35.5. The molecule has 0 saturated heterocycles. The minimum absolute atomic E-state index is 0.375. The van der Waals surface area contributed by atoms with Crippen molar-refractivity contribution < 1.29 is 4.74 Å². The summed E-state index contributed by atoms with van der Waals surface area (Å²) in [5, 5.41) is 5.57. The topological polar surface area (TPSA) is 21.3 Å². The summed E-state index contributed by atoms with van der Waals surface area (Å²) in [5.74, 6) is 0.768. The molecule has 3 aromatic carbocycles. The first kappa shape index (κ1) is 19.2. The van der Waals surface area contributed by atoms with Crippen LogP contribution < -0.4 is 10.1 Å². The molecule has 0 bridgehead atoms. The maximum atomic E-state index is 6.17. The lowest BCUT2D eigenvalue weighted by molar-refractivity contribution is 0.306. The Morgan fingerprint density at radius 1 is 0.769 bits per heavy atom. The van der Waals surface area contributed by atoms with Crippen molar-refractivity contribution in [2.45, 2.75) is 13.2 Å². The standard InChI is InChI=1S/C20H15Cl4NO/c21-15-5-4-14(19(23)9-15)12-26-17-3-1-2-13(8-17)11-25-16-6-7-18(22)20(24)10-16/h1-10,25H,11-12H2. The van der Waals surface area contributed by atoms with E-state index < -0.39 is 0 Å². The molecule has 3 aromatic rings. The van der Waals surface area contributed by atoms with Gasteiger partial charge in [0.2, 0.25) is 0 Å². The molecule has 0 unspecified atom stereocenters. The molecule has 2 nitrogen and oxygen atoms in total. The summed E-state index contributed by atoms with van der Waals surface area (Å²) in [5.41, 5.74) is 2.87. The molecule has 6 heteroatoms. The van der Waals surface area contributed by atoms with E-state index in [1.807, 2.05) is 36.4 Å². The average Bonchev–Trinajstić information content (AvgIpc) is 2.62. The Balaban J connectivity index is 1.61. The van der Waals surface area contributed by atoms with Crippen molar-refractivity contribution in [3.63, 3.8) is 0 Å². The fourth-order valence-electron chi connectivity index (χ4n) is 2.36. The average molecular weight is 427 g/mol. The van der Waals surface area contributed by atoms with Gasteiger partial charge in [0.25, 0.3) is 0 Å². The zero-order valence-corrected chi connectivity index (χ0v) is 16.6. The molecule has 0 aliphatic carbocycles. The highest BCUT2D eigenvalue weighted by molar-refractivity contribution is 6.42. The van der Waals surface area contributed by atoms with Gasteiger partial charge in [0.05, 0.1) is 10.0 Å². The number of rotatable bonds is 6. The van der Waals surface area contributed by atoms with E-state index in [9.17, 15) is 0 Å². The highest BCUT2D eigenvalue weighted by Gasteiger charge is 2.04. The second-order valence-corrected chi connectivity index (χ2v) is 7.31. The van der Waals surface area contributed by atoms with E-state index in [0.717, 1.165) is 22.6 Å². The third-order valence-electron chi connectivity index (χ3n) is 3.72. The van der Waals surface area contributed by atoms with Gasteiger partial charge in [0.15, 0.2) is 0 Å². The predicted octanol–water partition coefficient (Wildman–Crippen LogP) is 7.49. The maximum Gasteiger partial charge on any atom is 0.120 e. The molecule has 0 spiro atoms. The fraction of sp³-hybridized carbons (Fsp3) is 0.100. The molecule has 0 atom stereocenters. The summed E-state index contributed by atoms with van der Waals surface area (Å²) in [6.07, 6.45) is 0. The van der Waals surface area contributed by atoms with Gasteiger partial charge in [0, 0.05) is 27.8 Å². The van der Waals surface area contributed by atoms with E-state index in [1.54, 1.807) is 24.3 Å². The van der Waals surface area contributed by atoms with Gasteiger partial charge < -0.3 is 10.1 Å². The van der Waals surface area contributed by atoms with Crippen LogP contribution in [0.3, 0.4) is 0 Å². The van der Waals surface area contributed by atoms with Gasteiger partial charge in [-0.3, -0.25) is 0 Å². The van der Waals surface area contributed by atoms with E-state index in [-0.39, 0.29) is 0 Å². The lowest BCUT2D eigenvalue weighted by Gasteiger charge is -2.11. The monoisotopic (exact) mass is 425 g/mol. The number of ether oxygens (including phenoxy) is 1. The van der Waals surface area contributed by atoms with Gasteiger partial charge in [-0.15, -0.1) is 0 Å². The Bertz CT molecular complexity index is 914. The van der Waals surface area contributed by atoms with Crippen LogP contribution in [0.25, 0.3) is 0 Å². The molecule has 0 fully saturated rings. The van der Waals surface area contributed by atoms with Crippen molar-refractivity contribution in [3.05, 3.63) is 91.9 Å². The zero-order valence-electron chi connectivity index (χ0n) is 13.6. The van der Waals surface area contributed by atoms with Crippen molar-refractivity contribution in [2.75, 3.05) is 5.32 Å². The minimum Gasteiger partial charge on any atom is -0.489 e. The normalized spacial score (nSPS) is 10.6. The minimum atomic E-state index is 0.375.